The standard InChI is InChI=1S/C21H13FN4/c22-17-5-1-2-6-20(17)26-13-25-19-12-24-18-8-7-14(10-16(18)21(19)26)15-4-3-9-23-11-15/h1-13H. The fourth-order valence-electron chi connectivity index (χ4n) is 3.24. The molecule has 2 aromatic carbocycles. The molecule has 4 nitrogen and oxygen atoms in total. The van der Waals surface area contributed by atoms with E-state index in [-0.39, 0.29) is 5.82 Å². The van der Waals surface area contributed by atoms with Crippen LogP contribution in [-0.4, -0.2) is 19.5 Å². The van der Waals surface area contributed by atoms with Gasteiger partial charge < -0.3 is 0 Å². The lowest BCUT2D eigenvalue weighted by Crippen LogP contribution is -1.96. The van der Waals surface area contributed by atoms with E-state index in [9.17, 15) is 4.39 Å². The van der Waals surface area contributed by atoms with E-state index in [1.165, 1.54) is 6.07 Å². The van der Waals surface area contributed by atoms with E-state index < -0.39 is 0 Å². The molecule has 0 radical (unpaired) electrons. The quantitative estimate of drug-likeness (QED) is 0.465. The molecule has 0 aliphatic carbocycles. The Morgan fingerprint density at radius 3 is 2.58 bits per heavy atom. The predicted octanol–water partition coefficient (Wildman–Crippen LogP) is 4.77. The first kappa shape index (κ1) is 14.7. The van der Waals surface area contributed by atoms with Crippen LogP contribution in [0.5, 0.6) is 0 Å². The van der Waals surface area contributed by atoms with Gasteiger partial charge >= 0.3 is 0 Å². The van der Waals surface area contributed by atoms with Gasteiger partial charge in [0, 0.05) is 23.3 Å². The average Bonchev–Trinajstić information content (AvgIpc) is 3.13. The van der Waals surface area contributed by atoms with Gasteiger partial charge in [0.05, 0.1) is 22.9 Å². The molecule has 5 aromatic rings. The van der Waals surface area contributed by atoms with Gasteiger partial charge in [0.25, 0.3) is 0 Å². The zero-order valence-electron chi connectivity index (χ0n) is 13.7. The van der Waals surface area contributed by atoms with E-state index in [1.54, 1.807) is 35.4 Å². The summed E-state index contributed by atoms with van der Waals surface area (Å²) in [5, 5.41) is 0.921. The van der Waals surface area contributed by atoms with Gasteiger partial charge in [-0.1, -0.05) is 24.3 Å². The summed E-state index contributed by atoms with van der Waals surface area (Å²) in [6.07, 6.45) is 6.93. The van der Waals surface area contributed by atoms with Crippen molar-refractivity contribution < 1.29 is 4.39 Å². The molecular formula is C21H13FN4. The third-order valence-electron chi connectivity index (χ3n) is 4.48. The molecule has 0 aliphatic rings. The highest BCUT2D eigenvalue weighted by molar-refractivity contribution is 6.04. The lowest BCUT2D eigenvalue weighted by molar-refractivity contribution is 0.619. The second-order valence-corrected chi connectivity index (χ2v) is 6.03. The summed E-state index contributed by atoms with van der Waals surface area (Å²) in [7, 11) is 0. The molecular weight excluding hydrogens is 327 g/mol. The SMILES string of the molecule is Fc1ccccc1-n1cnc2cnc3ccc(-c4cccnc4)cc3c21. The maximum atomic E-state index is 14.4. The molecule has 0 saturated heterocycles. The van der Waals surface area contributed by atoms with Gasteiger partial charge in [-0.05, 0) is 35.9 Å². The van der Waals surface area contributed by atoms with Crippen LogP contribution in [0, 0.1) is 5.82 Å². The summed E-state index contributed by atoms with van der Waals surface area (Å²) in [6.45, 7) is 0. The Labute approximate surface area is 148 Å². The minimum Gasteiger partial charge on any atom is -0.295 e. The summed E-state index contributed by atoms with van der Waals surface area (Å²) in [4.78, 5) is 13.1. The molecule has 0 fully saturated rings. The van der Waals surface area contributed by atoms with Gasteiger partial charge in [-0.25, -0.2) is 9.37 Å². The molecule has 5 rings (SSSR count). The summed E-state index contributed by atoms with van der Waals surface area (Å²) in [5.41, 5.74) is 4.91. The number of fused-ring (bicyclic) bond motifs is 3. The van der Waals surface area contributed by atoms with Gasteiger partial charge in [0.1, 0.15) is 17.7 Å². The van der Waals surface area contributed by atoms with Gasteiger partial charge in [-0.15, -0.1) is 0 Å². The van der Waals surface area contributed by atoms with Crippen molar-refractivity contribution in [3.05, 3.63) is 85.3 Å². The number of nitrogens with zero attached hydrogens (tertiary/aromatic N) is 4. The minimum atomic E-state index is -0.292. The first-order valence-corrected chi connectivity index (χ1v) is 8.22. The van der Waals surface area contributed by atoms with Gasteiger partial charge in [0.2, 0.25) is 0 Å². The Morgan fingerprint density at radius 1 is 0.808 bits per heavy atom. The fourth-order valence-corrected chi connectivity index (χ4v) is 3.24. The van der Waals surface area contributed by atoms with Crippen molar-refractivity contribution in [3.63, 3.8) is 0 Å². The fraction of sp³-hybridized carbons (Fsp3) is 0. The van der Waals surface area contributed by atoms with Crippen LogP contribution in [0.3, 0.4) is 0 Å². The number of pyridine rings is 2. The van der Waals surface area contributed by atoms with Crippen molar-refractivity contribution in [2.75, 3.05) is 0 Å². The number of imidazole rings is 1. The lowest BCUT2D eigenvalue weighted by atomic mass is 10.0. The van der Waals surface area contributed by atoms with E-state index in [4.69, 9.17) is 0 Å². The molecule has 0 atom stereocenters. The molecule has 0 aliphatic heterocycles. The van der Waals surface area contributed by atoms with Crippen molar-refractivity contribution in [1.82, 2.24) is 19.5 Å². The molecule has 0 N–H and O–H groups in total. The van der Waals surface area contributed by atoms with Crippen LogP contribution in [0.4, 0.5) is 4.39 Å². The zero-order valence-corrected chi connectivity index (χ0v) is 13.7. The number of hydrogen-bond donors (Lipinski definition) is 0. The van der Waals surface area contributed by atoms with Crippen LogP contribution in [0.25, 0.3) is 38.8 Å². The number of aromatic nitrogens is 4. The molecule has 5 heteroatoms. The summed E-state index contributed by atoms with van der Waals surface area (Å²) >= 11 is 0. The summed E-state index contributed by atoms with van der Waals surface area (Å²) in [6, 6.07) is 16.6. The third kappa shape index (κ3) is 2.25. The van der Waals surface area contributed by atoms with Crippen molar-refractivity contribution >= 4 is 21.9 Å². The van der Waals surface area contributed by atoms with Crippen LogP contribution in [-0.2, 0) is 0 Å². The van der Waals surface area contributed by atoms with E-state index in [2.05, 4.69) is 21.0 Å². The van der Waals surface area contributed by atoms with Crippen molar-refractivity contribution in [3.8, 4) is 16.8 Å². The first-order valence-electron chi connectivity index (χ1n) is 8.22. The Hall–Kier alpha value is -3.60. The number of para-hydroxylation sites is 1. The second-order valence-electron chi connectivity index (χ2n) is 6.03. The lowest BCUT2D eigenvalue weighted by Gasteiger charge is -2.09. The maximum Gasteiger partial charge on any atom is 0.147 e. The van der Waals surface area contributed by atoms with Crippen LogP contribution in [0.2, 0.25) is 0 Å². The Morgan fingerprint density at radius 2 is 1.73 bits per heavy atom. The number of rotatable bonds is 2. The van der Waals surface area contributed by atoms with Crippen molar-refractivity contribution in [1.29, 1.82) is 0 Å². The molecule has 0 spiro atoms. The zero-order chi connectivity index (χ0) is 17.5. The Bertz CT molecular complexity index is 1250. The first-order chi connectivity index (χ1) is 12.8. The normalized spacial score (nSPS) is 11.3. The summed E-state index contributed by atoms with van der Waals surface area (Å²) in [5.74, 6) is -0.292. The molecule has 0 unspecified atom stereocenters. The topological polar surface area (TPSA) is 43.6 Å². The monoisotopic (exact) mass is 340 g/mol. The molecule has 0 amide bonds. The van der Waals surface area contributed by atoms with E-state index in [0.717, 1.165) is 33.1 Å². The van der Waals surface area contributed by atoms with Crippen molar-refractivity contribution in [2.24, 2.45) is 0 Å². The highest BCUT2D eigenvalue weighted by Crippen LogP contribution is 2.30. The van der Waals surface area contributed by atoms with Gasteiger partial charge in [-0.2, -0.15) is 0 Å². The predicted molar refractivity (Wildman–Crippen MR) is 99.6 cm³/mol. The highest BCUT2D eigenvalue weighted by atomic mass is 19.1. The molecule has 124 valence electrons. The minimum absolute atomic E-state index is 0.292. The van der Waals surface area contributed by atoms with Gasteiger partial charge in [0.15, 0.2) is 0 Å². The Balaban J connectivity index is 1.84. The third-order valence-corrected chi connectivity index (χ3v) is 4.48. The molecule has 26 heavy (non-hydrogen) atoms. The number of halogens is 1. The largest absolute Gasteiger partial charge is 0.295 e. The number of hydrogen-bond acceptors (Lipinski definition) is 3. The van der Waals surface area contributed by atoms with E-state index >= 15 is 0 Å². The van der Waals surface area contributed by atoms with Gasteiger partial charge in [-0.3, -0.25) is 14.5 Å². The van der Waals surface area contributed by atoms with Crippen LogP contribution in [0.15, 0.2) is 79.5 Å². The van der Waals surface area contributed by atoms with Crippen LogP contribution in [0.1, 0.15) is 0 Å². The maximum absolute atomic E-state index is 14.4. The highest BCUT2D eigenvalue weighted by Gasteiger charge is 2.13. The molecule has 0 bridgehead atoms. The molecule has 3 aromatic heterocycles. The summed E-state index contributed by atoms with van der Waals surface area (Å²) < 4.78 is 16.1. The molecule has 0 saturated carbocycles. The van der Waals surface area contributed by atoms with Crippen LogP contribution >= 0.6 is 0 Å². The Kier molecular flexibility index (Phi) is 3.25. The molecule has 3 heterocycles. The van der Waals surface area contributed by atoms with E-state index in [1.807, 2.05) is 36.5 Å². The van der Waals surface area contributed by atoms with Crippen LogP contribution < -0.4 is 0 Å². The van der Waals surface area contributed by atoms with Crippen molar-refractivity contribution in [2.45, 2.75) is 0 Å². The van der Waals surface area contributed by atoms with E-state index in [0.29, 0.717) is 5.69 Å². The second kappa shape index (κ2) is 5.74. The number of benzene rings is 2. The average molecular weight is 340 g/mol. The smallest absolute Gasteiger partial charge is 0.147 e.